The van der Waals surface area contributed by atoms with E-state index in [4.69, 9.17) is 28.3 Å². The highest BCUT2D eigenvalue weighted by Crippen LogP contribution is 2.33. The van der Waals surface area contributed by atoms with Gasteiger partial charge in [-0.1, -0.05) is 35.0 Å². The minimum Gasteiger partial charge on any atom is -0.476 e. The molecule has 0 aliphatic heterocycles. The first-order valence-electron chi connectivity index (χ1n) is 8.57. The van der Waals surface area contributed by atoms with Crippen LogP contribution in [0.4, 0.5) is 0 Å². The highest BCUT2D eigenvalue weighted by atomic mass is 35.5. The summed E-state index contributed by atoms with van der Waals surface area (Å²) in [6, 6.07) is 11.8. The molecule has 1 heterocycles. The number of carbonyl (C=O) groups is 1. The topological polar surface area (TPSA) is 95.6 Å². The first kappa shape index (κ1) is 20.9. The third kappa shape index (κ3) is 4.44. The lowest BCUT2D eigenvalue weighted by Crippen LogP contribution is -2.06. The van der Waals surface area contributed by atoms with Crippen molar-refractivity contribution < 1.29 is 20.1 Å². The number of aromatic carboxylic acids is 1. The number of hydrogen-bond donors (Lipinski definition) is 3. The summed E-state index contributed by atoms with van der Waals surface area (Å²) in [7, 11) is 0. The molecule has 3 N–H and O–H groups in total. The summed E-state index contributed by atoms with van der Waals surface area (Å²) in [6.07, 6.45) is 0.374. The van der Waals surface area contributed by atoms with E-state index < -0.39 is 12.6 Å². The first-order chi connectivity index (χ1) is 14.0. The molecule has 29 heavy (non-hydrogen) atoms. The first-order valence-corrected chi connectivity index (χ1v) is 9.33. The molecule has 148 valence electrons. The van der Waals surface area contributed by atoms with E-state index in [0.29, 0.717) is 27.7 Å². The molecule has 0 fully saturated rings. The molecule has 0 aliphatic rings. The number of halogens is 2. The molecule has 0 aliphatic carbocycles. The van der Waals surface area contributed by atoms with Crippen LogP contribution in [0, 0.1) is 11.8 Å². The van der Waals surface area contributed by atoms with Crippen molar-refractivity contribution in [1.82, 2.24) is 9.55 Å². The van der Waals surface area contributed by atoms with Crippen molar-refractivity contribution in [3.63, 3.8) is 0 Å². The van der Waals surface area contributed by atoms with Crippen molar-refractivity contribution in [2.24, 2.45) is 0 Å². The van der Waals surface area contributed by atoms with E-state index in [2.05, 4.69) is 16.8 Å². The van der Waals surface area contributed by atoms with Gasteiger partial charge in [0.15, 0.2) is 5.69 Å². The number of aromatic nitrogens is 2. The van der Waals surface area contributed by atoms with Gasteiger partial charge in [-0.25, -0.2) is 9.78 Å². The highest BCUT2D eigenvalue weighted by molar-refractivity contribution is 6.36. The van der Waals surface area contributed by atoms with Crippen molar-refractivity contribution in [2.45, 2.75) is 13.0 Å². The van der Waals surface area contributed by atoms with E-state index in [0.717, 1.165) is 5.56 Å². The molecule has 0 bridgehead atoms. The Balaban J connectivity index is 2.19. The van der Waals surface area contributed by atoms with Crippen LogP contribution in [0.5, 0.6) is 0 Å². The number of carboxylic acids is 1. The van der Waals surface area contributed by atoms with Crippen LogP contribution in [-0.4, -0.2) is 37.4 Å². The minimum atomic E-state index is -1.26. The van der Waals surface area contributed by atoms with Crippen LogP contribution < -0.4 is 0 Å². The van der Waals surface area contributed by atoms with E-state index in [1.165, 1.54) is 6.07 Å². The highest BCUT2D eigenvalue weighted by Gasteiger charge is 2.24. The zero-order valence-corrected chi connectivity index (χ0v) is 16.6. The molecule has 3 rings (SSSR count). The number of carboxylic acid groups (broad SMARTS) is 1. The number of hydrogen-bond acceptors (Lipinski definition) is 4. The van der Waals surface area contributed by atoms with E-state index in [1.807, 2.05) is 0 Å². The van der Waals surface area contributed by atoms with Gasteiger partial charge in [0.2, 0.25) is 0 Å². The zero-order chi connectivity index (χ0) is 21.0. The second-order valence-electron chi connectivity index (χ2n) is 5.98. The number of rotatable bonds is 5. The fraction of sp³-hybridized carbons (Fsp3) is 0.143. The molecule has 6 nitrogen and oxygen atoms in total. The van der Waals surface area contributed by atoms with Gasteiger partial charge >= 0.3 is 5.97 Å². The van der Waals surface area contributed by atoms with Crippen molar-refractivity contribution in [3.05, 3.63) is 69.5 Å². The summed E-state index contributed by atoms with van der Waals surface area (Å²) in [5, 5.41) is 28.9. The fourth-order valence-electron chi connectivity index (χ4n) is 2.81. The van der Waals surface area contributed by atoms with Gasteiger partial charge in [0.25, 0.3) is 0 Å². The molecule has 0 spiro atoms. The largest absolute Gasteiger partial charge is 0.476 e. The predicted molar refractivity (Wildman–Crippen MR) is 110 cm³/mol. The Kier molecular flexibility index (Phi) is 6.57. The Morgan fingerprint density at radius 2 is 1.83 bits per heavy atom. The Hall–Kier alpha value is -2.82. The molecule has 3 aromatic rings. The Morgan fingerprint density at radius 3 is 2.41 bits per heavy atom. The van der Waals surface area contributed by atoms with Gasteiger partial charge in [0.05, 0.1) is 23.9 Å². The summed E-state index contributed by atoms with van der Waals surface area (Å²) >= 11 is 12.3. The number of imidazole rings is 1. The van der Waals surface area contributed by atoms with Crippen LogP contribution in [0.1, 0.15) is 28.2 Å². The average Bonchev–Trinajstić information content (AvgIpc) is 3.08. The maximum Gasteiger partial charge on any atom is 0.356 e. The maximum atomic E-state index is 11.7. The zero-order valence-electron chi connectivity index (χ0n) is 15.1. The normalized spacial score (nSPS) is 10.5. The molecule has 2 aromatic carbocycles. The summed E-state index contributed by atoms with van der Waals surface area (Å²) in [5.74, 6) is 4.77. The Bertz CT molecular complexity index is 1110. The summed E-state index contributed by atoms with van der Waals surface area (Å²) < 4.78 is 1.55. The van der Waals surface area contributed by atoms with Crippen molar-refractivity contribution in [3.8, 4) is 28.9 Å². The molecular weight excluding hydrogens is 415 g/mol. The van der Waals surface area contributed by atoms with Crippen LogP contribution in [0.3, 0.4) is 0 Å². The fourth-order valence-corrected chi connectivity index (χ4v) is 3.31. The van der Waals surface area contributed by atoms with Crippen LogP contribution in [0.25, 0.3) is 17.1 Å². The molecule has 0 atom stereocenters. The quantitative estimate of drug-likeness (QED) is 0.535. The van der Waals surface area contributed by atoms with Gasteiger partial charge in [-0.15, -0.1) is 0 Å². The molecule has 0 amide bonds. The van der Waals surface area contributed by atoms with Crippen molar-refractivity contribution in [2.75, 3.05) is 6.61 Å². The van der Waals surface area contributed by atoms with Crippen LogP contribution in [0.15, 0.2) is 42.5 Å². The summed E-state index contributed by atoms with van der Waals surface area (Å²) in [4.78, 5) is 15.9. The summed E-state index contributed by atoms with van der Waals surface area (Å²) in [6.45, 7) is -0.541. The Morgan fingerprint density at radius 1 is 1.10 bits per heavy atom. The SMILES string of the molecule is O=C(O)c1nc(-c2ccc(Cl)cc2Cl)n(-c2ccc(C#CCCO)cc2)c1CO. The number of aliphatic hydroxyl groups is 2. The second kappa shape index (κ2) is 9.12. The molecule has 1 aromatic heterocycles. The lowest BCUT2D eigenvalue weighted by molar-refractivity contribution is 0.0687. The predicted octanol–water partition coefficient (Wildman–Crippen LogP) is 3.77. The minimum absolute atomic E-state index is 0.0108. The number of nitrogens with zero attached hydrogens (tertiary/aromatic N) is 2. The van der Waals surface area contributed by atoms with E-state index in [9.17, 15) is 15.0 Å². The lowest BCUT2D eigenvalue weighted by atomic mass is 10.1. The standard InChI is InChI=1S/C21H16Cl2N2O4/c22-14-6-9-16(17(23)11-14)20-24-19(21(28)29)18(12-27)25(20)15-7-4-13(5-8-15)3-1-2-10-26/h4-9,11,26-27H,2,10,12H2,(H,28,29). The monoisotopic (exact) mass is 430 g/mol. The average molecular weight is 431 g/mol. The van der Waals surface area contributed by atoms with E-state index in [1.54, 1.807) is 41.0 Å². The van der Waals surface area contributed by atoms with Gasteiger partial charge in [0.1, 0.15) is 5.82 Å². The molecule has 0 unspecified atom stereocenters. The van der Waals surface area contributed by atoms with Gasteiger partial charge in [0, 0.05) is 28.3 Å². The van der Waals surface area contributed by atoms with E-state index in [-0.39, 0.29) is 23.8 Å². The summed E-state index contributed by atoms with van der Waals surface area (Å²) in [5.41, 5.74) is 1.66. The van der Waals surface area contributed by atoms with Gasteiger partial charge in [-0.3, -0.25) is 4.57 Å². The number of aliphatic hydroxyl groups excluding tert-OH is 2. The lowest BCUT2D eigenvalue weighted by Gasteiger charge is -2.12. The van der Waals surface area contributed by atoms with Crippen LogP contribution in [0.2, 0.25) is 10.0 Å². The third-order valence-corrected chi connectivity index (χ3v) is 4.64. The number of benzene rings is 2. The second-order valence-corrected chi connectivity index (χ2v) is 6.82. The van der Waals surface area contributed by atoms with Crippen molar-refractivity contribution in [1.29, 1.82) is 0 Å². The smallest absolute Gasteiger partial charge is 0.356 e. The Labute approximate surface area is 177 Å². The molecule has 0 saturated carbocycles. The van der Waals surface area contributed by atoms with Crippen LogP contribution in [-0.2, 0) is 6.61 Å². The third-order valence-electron chi connectivity index (χ3n) is 4.09. The van der Waals surface area contributed by atoms with Crippen LogP contribution >= 0.6 is 23.2 Å². The van der Waals surface area contributed by atoms with E-state index >= 15 is 0 Å². The van der Waals surface area contributed by atoms with Gasteiger partial charge in [-0.05, 0) is 42.5 Å². The molecular formula is C21H16Cl2N2O4. The van der Waals surface area contributed by atoms with Gasteiger partial charge < -0.3 is 15.3 Å². The van der Waals surface area contributed by atoms with Crippen molar-refractivity contribution >= 4 is 29.2 Å². The maximum absolute atomic E-state index is 11.7. The van der Waals surface area contributed by atoms with Gasteiger partial charge in [-0.2, -0.15) is 0 Å². The molecule has 8 heteroatoms. The molecule has 0 radical (unpaired) electrons. The molecule has 0 saturated heterocycles.